The third-order valence-electron chi connectivity index (χ3n) is 2.26. The maximum atomic E-state index is 12.3. The van der Waals surface area contributed by atoms with Gasteiger partial charge >= 0.3 is 6.18 Å². The van der Waals surface area contributed by atoms with Gasteiger partial charge in [-0.3, -0.25) is 9.59 Å². The van der Waals surface area contributed by atoms with Crippen LogP contribution in [0.3, 0.4) is 0 Å². The molecule has 8 heteroatoms. The highest BCUT2D eigenvalue weighted by atomic mass is 19.4. The van der Waals surface area contributed by atoms with Gasteiger partial charge in [0.1, 0.15) is 13.1 Å². The summed E-state index contributed by atoms with van der Waals surface area (Å²) in [5.74, 6) is -1.46. The molecule has 0 aromatic heterocycles. The van der Waals surface area contributed by atoms with Crippen molar-refractivity contribution < 1.29 is 22.8 Å². The van der Waals surface area contributed by atoms with E-state index in [9.17, 15) is 22.8 Å². The second-order valence-corrected chi connectivity index (χ2v) is 4.11. The molecular weight excluding hydrogens is 251 g/mol. The molecule has 0 unspecified atom stereocenters. The Morgan fingerprint density at radius 1 is 1.28 bits per heavy atom. The molecular formula is C10H18F3N3O2. The van der Waals surface area contributed by atoms with Crippen LogP contribution in [-0.2, 0) is 9.59 Å². The summed E-state index contributed by atoms with van der Waals surface area (Å²) in [7, 11) is 2.80. The molecule has 0 aromatic rings. The highest BCUT2D eigenvalue weighted by Crippen LogP contribution is 2.17. The Kier molecular flexibility index (Phi) is 6.10. The van der Waals surface area contributed by atoms with Crippen molar-refractivity contribution in [1.82, 2.24) is 9.80 Å². The van der Waals surface area contributed by atoms with Crippen molar-refractivity contribution in [3.05, 3.63) is 0 Å². The lowest BCUT2D eigenvalue weighted by Crippen LogP contribution is -2.50. The Labute approximate surface area is 104 Å². The number of nitrogens with two attached hydrogens (primary N) is 1. The standard InChI is InChI=1S/C10H18F3N3O2/c1-4-7(14)9(18)16(6-10(11,12)13)5-8(17)15(2)3/h7H,4-6,14H2,1-3H3/t7-/m1/s1. The van der Waals surface area contributed by atoms with E-state index in [2.05, 4.69) is 0 Å². The molecule has 0 rings (SSSR count). The number of alkyl halides is 3. The van der Waals surface area contributed by atoms with Gasteiger partial charge in [-0.05, 0) is 6.42 Å². The van der Waals surface area contributed by atoms with Crippen molar-refractivity contribution in [2.24, 2.45) is 5.73 Å². The van der Waals surface area contributed by atoms with Gasteiger partial charge in [-0.1, -0.05) is 6.92 Å². The molecule has 2 N–H and O–H groups in total. The summed E-state index contributed by atoms with van der Waals surface area (Å²) in [5.41, 5.74) is 5.40. The molecule has 1 atom stereocenters. The van der Waals surface area contributed by atoms with Crippen molar-refractivity contribution in [2.45, 2.75) is 25.6 Å². The van der Waals surface area contributed by atoms with Crippen molar-refractivity contribution in [3.63, 3.8) is 0 Å². The van der Waals surface area contributed by atoms with E-state index >= 15 is 0 Å². The Morgan fingerprint density at radius 2 is 1.78 bits per heavy atom. The fraction of sp³-hybridized carbons (Fsp3) is 0.800. The monoisotopic (exact) mass is 269 g/mol. The number of hydrogen-bond donors (Lipinski definition) is 1. The molecule has 0 aliphatic carbocycles. The second-order valence-electron chi connectivity index (χ2n) is 4.11. The lowest BCUT2D eigenvalue weighted by atomic mass is 10.2. The van der Waals surface area contributed by atoms with Gasteiger partial charge in [0, 0.05) is 14.1 Å². The number of rotatable bonds is 5. The van der Waals surface area contributed by atoms with Crippen molar-refractivity contribution in [2.75, 3.05) is 27.2 Å². The van der Waals surface area contributed by atoms with Crippen LogP contribution >= 0.6 is 0 Å². The highest BCUT2D eigenvalue weighted by Gasteiger charge is 2.35. The molecule has 0 spiro atoms. The van der Waals surface area contributed by atoms with Crippen LogP contribution in [0.25, 0.3) is 0 Å². The fourth-order valence-electron chi connectivity index (χ4n) is 1.14. The molecule has 0 aromatic carbocycles. The molecule has 0 bridgehead atoms. The van der Waals surface area contributed by atoms with Crippen LogP contribution in [0.15, 0.2) is 0 Å². The first kappa shape index (κ1) is 16.7. The summed E-state index contributed by atoms with van der Waals surface area (Å²) < 4.78 is 37.0. The molecule has 5 nitrogen and oxygen atoms in total. The zero-order valence-corrected chi connectivity index (χ0v) is 10.6. The fourth-order valence-corrected chi connectivity index (χ4v) is 1.14. The van der Waals surface area contributed by atoms with Crippen LogP contribution in [0.4, 0.5) is 13.2 Å². The second kappa shape index (κ2) is 6.58. The molecule has 0 aliphatic heterocycles. The zero-order chi connectivity index (χ0) is 14.5. The van der Waals surface area contributed by atoms with Gasteiger partial charge in [-0.2, -0.15) is 13.2 Å². The summed E-state index contributed by atoms with van der Waals surface area (Å²) >= 11 is 0. The van der Waals surface area contributed by atoms with Crippen LogP contribution in [0.5, 0.6) is 0 Å². The number of carbonyl (C=O) groups excluding carboxylic acids is 2. The minimum Gasteiger partial charge on any atom is -0.347 e. The zero-order valence-electron chi connectivity index (χ0n) is 10.6. The summed E-state index contributed by atoms with van der Waals surface area (Å²) in [6.07, 6.45) is -4.35. The third-order valence-corrected chi connectivity index (χ3v) is 2.26. The van der Waals surface area contributed by atoms with Crippen LogP contribution in [0.1, 0.15) is 13.3 Å². The van der Waals surface area contributed by atoms with Gasteiger partial charge in [0.05, 0.1) is 6.04 Å². The minimum atomic E-state index is -4.56. The molecule has 0 fully saturated rings. The summed E-state index contributed by atoms with van der Waals surface area (Å²) in [6.45, 7) is -0.514. The Bertz CT molecular complexity index is 305. The van der Waals surface area contributed by atoms with Crippen LogP contribution in [0.2, 0.25) is 0 Å². The molecule has 0 radical (unpaired) electrons. The molecule has 0 heterocycles. The highest BCUT2D eigenvalue weighted by molar-refractivity contribution is 5.87. The average Bonchev–Trinajstić information content (AvgIpc) is 2.23. The van der Waals surface area contributed by atoms with Gasteiger partial charge in [-0.25, -0.2) is 0 Å². The lowest BCUT2D eigenvalue weighted by Gasteiger charge is -2.26. The molecule has 0 aliphatic rings. The van der Waals surface area contributed by atoms with Crippen molar-refractivity contribution in [1.29, 1.82) is 0 Å². The number of nitrogens with zero attached hydrogens (tertiary/aromatic N) is 2. The van der Waals surface area contributed by atoms with E-state index in [-0.39, 0.29) is 6.42 Å². The maximum absolute atomic E-state index is 12.3. The maximum Gasteiger partial charge on any atom is 0.406 e. The average molecular weight is 269 g/mol. The first-order valence-electron chi connectivity index (χ1n) is 5.39. The van der Waals surface area contributed by atoms with E-state index in [0.717, 1.165) is 4.90 Å². The first-order valence-corrected chi connectivity index (χ1v) is 5.39. The van der Waals surface area contributed by atoms with Crippen molar-refractivity contribution in [3.8, 4) is 0 Å². The summed E-state index contributed by atoms with van der Waals surface area (Å²) in [5, 5.41) is 0. The Hall–Kier alpha value is -1.31. The van der Waals surface area contributed by atoms with Gasteiger partial charge in [0.15, 0.2) is 0 Å². The van der Waals surface area contributed by atoms with Crippen molar-refractivity contribution >= 4 is 11.8 Å². The number of carbonyl (C=O) groups is 2. The van der Waals surface area contributed by atoms with Gasteiger partial charge < -0.3 is 15.5 Å². The smallest absolute Gasteiger partial charge is 0.347 e. The third kappa shape index (κ3) is 5.85. The molecule has 0 saturated heterocycles. The van der Waals surface area contributed by atoms with Crippen LogP contribution in [-0.4, -0.2) is 61.0 Å². The number of likely N-dealkylation sites (N-methyl/N-ethyl adjacent to an activating group) is 1. The van der Waals surface area contributed by atoms with Crippen LogP contribution < -0.4 is 5.73 Å². The largest absolute Gasteiger partial charge is 0.406 e. The molecule has 0 saturated carbocycles. The van der Waals surface area contributed by atoms with Crippen LogP contribution in [0, 0.1) is 0 Å². The van der Waals surface area contributed by atoms with E-state index in [1.54, 1.807) is 6.92 Å². The Morgan fingerprint density at radius 3 is 2.11 bits per heavy atom. The first-order chi connectivity index (χ1) is 8.08. The van der Waals surface area contributed by atoms with Gasteiger partial charge in [0.25, 0.3) is 0 Å². The topological polar surface area (TPSA) is 66.6 Å². The quantitative estimate of drug-likeness (QED) is 0.775. The predicted molar refractivity (Wildman–Crippen MR) is 59.6 cm³/mol. The molecule has 2 amide bonds. The molecule has 18 heavy (non-hydrogen) atoms. The Balaban J connectivity index is 4.83. The molecule has 106 valence electrons. The van der Waals surface area contributed by atoms with E-state index in [0.29, 0.717) is 4.90 Å². The lowest BCUT2D eigenvalue weighted by molar-refractivity contribution is -0.164. The number of amides is 2. The SMILES string of the molecule is CC[C@@H](N)C(=O)N(CC(=O)N(C)C)CC(F)(F)F. The van der Waals surface area contributed by atoms with Gasteiger partial charge in [0.2, 0.25) is 11.8 Å². The summed E-state index contributed by atoms with van der Waals surface area (Å²) in [4.78, 5) is 24.6. The predicted octanol–water partition coefficient (Wildman–Crippen LogP) is 0.203. The van der Waals surface area contributed by atoms with E-state index < -0.39 is 37.1 Å². The van der Waals surface area contributed by atoms with Gasteiger partial charge in [-0.15, -0.1) is 0 Å². The van der Waals surface area contributed by atoms with E-state index in [1.807, 2.05) is 0 Å². The number of halogens is 3. The normalized spacial score (nSPS) is 13.1. The van der Waals surface area contributed by atoms with E-state index in [1.165, 1.54) is 14.1 Å². The number of hydrogen-bond acceptors (Lipinski definition) is 3. The minimum absolute atomic E-state index is 0.212. The summed E-state index contributed by atoms with van der Waals surface area (Å²) in [6, 6.07) is -1.03. The van der Waals surface area contributed by atoms with E-state index in [4.69, 9.17) is 5.73 Å².